The second-order valence-corrected chi connectivity index (χ2v) is 4.65. The molecule has 1 atom stereocenters. The van der Waals surface area contributed by atoms with Crippen LogP contribution in [-0.4, -0.2) is 14.2 Å². The number of ether oxygens (including phenoxy) is 1. The lowest BCUT2D eigenvalue weighted by molar-refractivity contribution is 0.373. The van der Waals surface area contributed by atoms with E-state index in [4.69, 9.17) is 4.74 Å². The van der Waals surface area contributed by atoms with Gasteiger partial charge in [-0.3, -0.25) is 0 Å². The van der Waals surface area contributed by atoms with Gasteiger partial charge in [0.05, 0.1) is 7.11 Å². The maximum atomic E-state index is 13.4. The van der Waals surface area contributed by atoms with Gasteiger partial charge in [-0.05, 0) is 37.1 Å². The molecule has 0 heterocycles. The predicted molar refractivity (Wildman–Crippen MR) is 73.4 cm³/mol. The van der Waals surface area contributed by atoms with Crippen molar-refractivity contribution in [3.8, 4) is 5.75 Å². The Balaban J connectivity index is 2.87. The predicted octanol–water partition coefficient (Wildman–Crippen LogP) is 3.92. The van der Waals surface area contributed by atoms with E-state index in [2.05, 4.69) is 19.2 Å². The Morgan fingerprint density at radius 2 is 1.94 bits per heavy atom. The van der Waals surface area contributed by atoms with E-state index in [0.717, 1.165) is 12.0 Å². The number of benzene rings is 1. The number of hydrogen-bond donors (Lipinski definition) is 1. The highest BCUT2D eigenvalue weighted by molar-refractivity contribution is 5.32. The third-order valence-electron chi connectivity index (χ3n) is 3.65. The molecule has 0 fully saturated rings. The van der Waals surface area contributed by atoms with Crippen LogP contribution in [-0.2, 0) is 0 Å². The SMILES string of the molecule is CCC(CC)CC(NC)c1ccc(F)c(OC)c1. The summed E-state index contributed by atoms with van der Waals surface area (Å²) in [6.07, 6.45) is 3.41. The largest absolute Gasteiger partial charge is 0.494 e. The van der Waals surface area contributed by atoms with Crippen LogP contribution in [0.2, 0.25) is 0 Å². The van der Waals surface area contributed by atoms with E-state index < -0.39 is 0 Å². The van der Waals surface area contributed by atoms with Crippen molar-refractivity contribution in [2.75, 3.05) is 14.2 Å². The molecule has 0 aromatic heterocycles. The average Bonchev–Trinajstić information content (AvgIpc) is 2.41. The topological polar surface area (TPSA) is 21.3 Å². The van der Waals surface area contributed by atoms with Gasteiger partial charge in [0, 0.05) is 6.04 Å². The van der Waals surface area contributed by atoms with Crippen molar-refractivity contribution in [3.05, 3.63) is 29.6 Å². The van der Waals surface area contributed by atoms with Gasteiger partial charge in [-0.1, -0.05) is 32.8 Å². The summed E-state index contributed by atoms with van der Waals surface area (Å²) in [6, 6.07) is 5.36. The van der Waals surface area contributed by atoms with Crippen LogP contribution in [0.1, 0.15) is 44.7 Å². The Bertz CT molecular complexity index is 364. The summed E-state index contributed by atoms with van der Waals surface area (Å²) in [4.78, 5) is 0. The molecule has 0 aliphatic heterocycles. The minimum atomic E-state index is -0.307. The molecule has 2 nitrogen and oxygen atoms in total. The van der Waals surface area contributed by atoms with Crippen molar-refractivity contribution < 1.29 is 9.13 Å². The molecule has 1 rings (SSSR count). The van der Waals surface area contributed by atoms with Gasteiger partial charge in [0.15, 0.2) is 11.6 Å². The molecule has 0 saturated carbocycles. The Morgan fingerprint density at radius 1 is 1.28 bits per heavy atom. The molecule has 1 unspecified atom stereocenters. The normalized spacial score (nSPS) is 12.8. The number of hydrogen-bond acceptors (Lipinski definition) is 2. The van der Waals surface area contributed by atoms with E-state index in [1.54, 1.807) is 6.07 Å². The first-order chi connectivity index (χ1) is 8.65. The lowest BCUT2D eigenvalue weighted by Gasteiger charge is -2.22. The third-order valence-corrected chi connectivity index (χ3v) is 3.65. The number of rotatable bonds is 7. The molecule has 102 valence electrons. The molecule has 1 aromatic rings. The molecule has 1 N–H and O–H groups in total. The fraction of sp³-hybridized carbons (Fsp3) is 0.600. The van der Waals surface area contributed by atoms with Gasteiger partial charge >= 0.3 is 0 Å². The summed E-state index contributed by atoms with van der Waals surface area (Å²) in [5.41, 5.74) is 1.09. The lowest BCUT2D eigenvalue weighted by atomic mass is 9.91. The minimum Gasteiger partial charge on any atom is -0.494 e. The molecule has 0 spiro atoms. The molecule has 1 aromatic carbocycles. The third kappa shape index (κ3) is 3.70. The van der Waals surface area contributed by atoms with Crippen molar-refractivity contribution in [3.63, 3.8) is 0 Å². The average molecular weight is 253 g/mol. The van der Waals surface area contributed by atoms with Crippen LogP contribution < -0.4 is 10.1 Å². The van der Waals surface area contributed by atoms with Crippen molar-refractivity contribution in [1.82, 2.24) is 5.32 Å². The monoisotopic (exact) mass is 253 g/mol. The first kappa shape index (κ1) is 15.0. The van der Waals surface area contributed by atoms with Crippen LogP contribution in [0, 0.1) is 11.7 Å². The Morgan fingerprint density at radius 3 is 2.44 bits per heavy atom. The highest BCUT2D eigenvalue weighted by Crippen LogP contribution is 2.28. The standard InChI is InChI=1S/C15H24FNO/c1-5-11(6-2)9-14(17-3)12-7-8-13(16)15(10-12)18-4/h7-8,10-11,14,17H,5-6,9H2,1-4H3. The Kier molecular flexibility index (Phi) is 6.13. The van der Waals surface area contributed by atoms with Gasteiger partial charge in [0.2, 0.25) is 0 Å². The molecule has 0 saturated heterocycles. The maximum absolute atomic E-state index is 13.4. The number of methoxy groups -OCH3 is 1. The van der Waals surface area contributed by atoms with Crippen LogP contribution in [0.4, 0.5) is 4.39 Å². The summed E-state index contributed by atoms with van der Waals surface area (Å²) < 4.78 is 18.4. The lowest BCUT2D eigenvalue weighted by Crippen LogP contribution is -2.19. The van der Waals surface area contributed by atoms with Crippen molar-refractivity contribution in [2.24, 2.45) is 5.92 Å². The summed E-state index contributed by atoms with van der Waals surface area (Å²) in [6.45, 7) is 4.43. The fourth-order valence-corrected chi connectivity index (χ4v) is 2.27. The number of halogens is 1. The fourth-order valence-electron chi connectivity index (χ4n) is 2.27. The van der Waals surface area contributed by atoms with Gasteiger partial charge in [-0.25, -0.2) is 4.39 Å². The first-order valence-corrected chi connectivity index (χ1v) is 6.66. The zero-order chi connectivity index (χ0) is 13.5. The van der Waals surface area contributed by atoms with Crippen LogP contribution in [0.25, 0.3) is 0 Å². The molecule has 3 heteroatoms. The zero-order valence-electron chi connectivity index (χ0n) is 11.8. The summed E-state index contributed by atoms with van der Waals surface area (Å²) >= 11 is 0. The molecule has 0 aliphatic rings. The van der Waals surface area contributed by atoms with E-state index in [9.17, 15) is 4.39 Å². The molecule has 0 aliphatic carbocycles. The van der Waals surface area contributed by atoms with Crippen molar-refractivity contribution >= 4 is 0 Å². The van der Waals surface area contributed by atoms with Gasteiger partial charge in [-0.15, -0.1) is 0 Å². The van der Waals surface area contributed by atoms with E-state index in [-0.39, 0.29) is 11.9 Å². The summed E-state index contributed by atoms with van der Waals surface area (Å²) in [5, 5.41) is 3.31. The highest BCUT2D eigenvalue weighted by Gasteiger charge is 2.16. The first-order valence-electron chi connectivity index (χ1n) is 6.66. The second-order valence-electron chi connectivity index (χ2n) is 4.65. The number of nitrogens with one attached hydrogen (secondary N) is 1. The smallest absolute Gasteiger partial charge is 0.165 e. The summed E-state index contributed by atoms with van der Waals surface area (Å²) in [5.74, 6) is 0.703. The molecule has 0 radical (unpaired) electrons. The Labute approximate surface area is 110 Å². The second kappa shape index (κ2) is 7.37. The maximum Gasteiger partial charge on any atom is 0.165 e. The van der Waals surface area contributed by atoms with Gasteiger partial charge in [0.1, 0.15) is 0 Å². The van der Waals surface area contributed by atoms with Crippen LogP contribution in [0.5, 0.6) is 5.75 Å². The molecular weight excluding hydrogens is 229 g/mol. The molecular formula is C15H24FNO. The van der Waals surface area contributed by atoms with Crippen LogP contribution >= 0.6 is 0 Å². The molecule has 18 heavy (non-hydrogen) atoms. The van der Waals surface area contributed by atoms with Gasteiger partial charge in [0.25, 0.3) is 0 Å². The van der Waals surface area contributed by atoms with Crippen molar-refractivity contribution in [2.45, 2.75) is 39.2 Å². The zero-order valence-corrected chi connectivity index (χ0v) is 11.8. The highest BCUT2D eigenvalue weighted by atomic mass is 19.1. The molecule has 0 amide bonds. The quantitative estimate of drug-likeness (QED) is 0.795. The van der Waals surface area contributed by atoms with E-state index in [1.807, 2.05) is 13.1 Å². The Hall–Kier alpha value is -1.09. The van der Waals surface area contributed by atoms with E-state index in [0.29, 0.717) is 11.7 Å². The van der Waals surface area contributed by atoms with Crippen molar-refractivity contribution in [1.29, 1.82) is 0 Å². The van der Waals surface area contributed by atoms with E-state index >= 15 is 0 Å². The van der Waals surface area contributed by atoms with Gasteiger partial charge < -0.3 is 10.1 Å². The van der Waals surface area contributed by atoms with Gasteiger partial charge in [-0.2, -0.15) is 0 Å². The van der Waals surface area contributed by atoms with Crippen LogP contribution in [0.15, 0.2) is 18.2 Å². The van der Waals surface area contributed by atoms with Crippen LogP contribution in [0.3, 0.4) is 0 Å². The molecule has 0 bridgehead atoms. The minimum absolute atomic E-state index is 0.254. The summed E-state index contributed by atoms with van der Waals surface area (Å²) in [7, 11) is 3.44. The van der Waals surface area contributed by atoms with E-state index in [1.165, 1.54) is 26.0 Å².